The van der Waals surface area contributed by atoms with Gasteiger partial charge in [0.1, 0.15) is 5.78 Å². The zero-order valence-electron chi connectivity index (χ0n) is 17.7. The van der Waals surface area contributed by atoms with E-state index in [9.17, 15) is 9.90 Å². The Bertz CT molecular complexity index is 623. The molecule has 4 heteroatoms. The summed E-state index contributed by atoms with van der Waals surface area (Å²) >= 11 is 0. The predicted molar refractivity (Wildman–Crippen MR) is 106 cm³/mol. The summed E-state index contributed by atoms with van der Waals surface area (Å²) in [4.78, 5) is 12.3. The van der Waals surface area contributed by atoms with Crippen molar-refractivity contribution in [1.29, 1.82) is 0 Å². The normalized spacial score (nSPS) is 54.7. The Hall–Kier alpha value is -0.450. The average Bonchev–Trinajstić information content (AvgIpc) is 2.95. The lowest BCUT2D eigenvalue weighted by molar-refractivity contribution is -0.171. The van der Waals surface area contributed by atoms with Crippen LogP contribution in [0.15, 0.2) is 0 Å². The summed E-state index contributed by atoms with van der Waals surface area (Å²) in [5, 5.41) is 11.0. The number of aliphatic hydroxyl groups is 1. The van der Waals surface area contributed by atoms with Crippen LogP contribution in [0.5, 0.6) is 0 Å². The zero-order valence-corrected chi connectivity index (χ0v) is 17.7. The van der Waals surface area contributed by atoms with E-state index < -0.39 is 5.60 Å². The van der Waals surface area contributed by atoms with E-state index in [4.69, 9.17) is 10.5 Å². The van der Waals surface area contributed by atoms with Gasteiger partial charge in [0.15, 0.2) is 0 Å². The Morgan fingerprint density at radius 1 is 1.04 bits per heavy atom. The number of carbonyl (C=O) groups is 1. The molecule has 154 valence electrons. The van der Waals surface area contributed by atoms with Gasteiger partial charge in [-0.05, 0) is 93.3 Å². The monoisotopic (exact) mass is 377 g/mol. The first kappa shape index (κ1) is 19.8. The molecule has 4 rings (SSSR count). The summed E-state index contributed by atoms with van der Waals surface area (Å²) in [5.74, 6) is 2.08. The second-order valence-corrected chi connectivity index (χ2v) is 11.1. The number of hydrogen-bond donors (Lipinski definition) is 2. The molecule has 0 aromatic heterocycles. The van der Waals surface area contributed by atoms with E-state index in [1.165, 1.54) is 0 Å². The Balaban J connectivity index is 1.63. The summed E-state index contributed by atoms with van der Waals surface area (Å²) in [7, 11) is 1.69. The molecular weight excluding hydrogens is 338 g/mol. The molecule has 4 saturated carbocycles. The van der Waals surface area contributed by atoms with E-state index >= 15 is 0 Å². The second-order valence-electron chi connectivity index (χ2n) is 11.1. The van der Waals surface area contributed by atoms with Crippen molar-refractivity contribution in [1.82, 2.24) is 0 Å². The highest BCUT2D eigenvalue weighted by Crippen LogP contribution is 2.68. The van der Waals surface area contributed by atoms with E-state index in [0.717, 1.165) is 57.8 Å². The molecule has 2 unspecified atom stereocenters. The highest BCUT2D eigenvalue weighted by atomic mass is 16.5. The Labute approximate surface area is 164 Å². The third kappa shape index (κ3) is 2.69. The number of carbonyl (C=O) groups excluding carboxylic acids is 1. The number of ketones is 1. The minimum absolute atomic E-state index is 0.0890. The summed E-state index contributed by atoms with van der Waals surface area (Å²) in [6.07, 6.45) is 9.27. The largest absolute Gasteiger partial charge is 0.387 e. The molecule has 4 aliphatic rings. The molecule has 0 aromatic carbocycles. The van der Waals surface area contributed by atoms with Gasteiger partial charge in [0.05, 0.1) is 12.2 Å². The van der Waals surface area contributed by atoms with Gasteiger partial charge in [0.25, 0.3) is 0 Å². The first-order chi connectivity index (χ1) is 12.6. The maximum atomic E-state index is 12.3. The molecular formula is C23H39NO3. The molecule has 3 N–H and O–H groups in total. The van der Waals surface area contributed by atoms with E-state index in [1.807, 2.05) is 0 Å². The SMILES string of the molecule is COC[C@@]1(O)CC[C@@]2(C)[C@@H](CCC3(N)[C@@H]2CC[C@]2(C)C(C(C)=O)CC[C@@H]32)C1. The lowest BCUT2D eigenvalue weighted by atomic mass is 9.41. The first-order valence-corrected chi connectivity index (χ1v) is 11.1. The van der Waals surface area contributed by atoms with Crippen LogP contribution in [0.4, 0.5) is 0 Å². The van der Waals surface area contributed by atoms with Gasteiger partial charge in [-0.2, -0.15) is 0 Å². The fraction of sp³-hybridized carbons (Fsp3) is 0.957. The lowest BCUT2D eigenvalue weighted by Crippen LogP contribution is -2.69. The maximum absolute atomic E-state index is 12.3. The van der Waals surface area contributed by atoms with E-state index in [-0.39, 0.29) is 22.3 Å². The van der Waals surface area contributed by atoms with E-state index in [2.05, 4.69) is 13.8 Å². The molecule has 0 saturated heterocycles. The molecule has 0 aliphatic heterocycles. The smallest absolute Gasteiger partial charge is 0.133 e. The van der Waals surface area contributed by atoms with Gasteiger partial charge in [-0.25, -0.2) is 0 Å². The van der Waals surface area contributed by atoms with Crippen molar-refractivity contribution >= 4 is 5.78 Å². The number of ether oxygens (including phenoxy) is 1. The van der Waals surface area contributed by atoms with Crippen molar-refractivity contribution in [3.63, 3.8) is 0 Å². The van der Waals surface area contributed by atoms with Crippen molar-refractivity contribution in [2.24, 2.45) is 40.2 Å². The van der Waals surface area contributed by atoms with Crippen molar-refractivity contribution in [2.45, 2.75) is 89.7 Å². The van der Waals surface area contributed by atoms with Gasteiger partial charge < -0.3 is 15.6 Å². The molecule has 8 atom stereocenters. The molecule has 0 aromatic rings. The van der Waals surface area contributed by atoms with Crippen molar-refractivity contribution < 1.29 is 14.6 Å². The molecule has 27 heavy (non-hydrogen) atoms. The van der Waals surface area contributed by atoms with Gasteiger partial charge in [-0.15, -0.1) is 0 Å². The zero-order chi connectivity index (χ0) is 19.7. The molecule has 0 amide bonds. The molecule has 0 bridgehead atoms. The van der Waals surface area contributed by atoms with Crippen LogP contribution in [0.1, 0.15) is 78.6 Å². The van der Waals surface area contributed by atoms with Crippen molar-refractivity contribution in [2.75, 3.05) is 13.7 Å². The third-order valence-electron chi connectivity index (χ3n) is 9.92. The Morgan fingerprint density at radius 2 is 1.74 bits per heavy atom. The summed E-state index contributed by atoms with van der Waals surface area (Å²) in [6.45, 7) is 7.03. The number of fused-ring (bicyclic) bond motifs is 5. The molecule has 0 radical (unpaired) electrons. The summed E-state index contributed by atoms with van der Waals surface area (Å²) in [6, 6.07) is 0. The Kier molecular flexibility index (Phi) is 4.61. The van der Waals surface area contributed by atoms with Crippen molar-refractivity contribution in [3.8, 4) is 0 Å². The van der Waals surface area contributed by atoms with Gasteiger partial charge in [-0.1, -0.05) is 13.8 Å². The quantitative estimate of drug-likeness (QED) is 0.787. The predicted octanol–water partition coefficient (Wildman–Crippen LogP) is 3.69. The van der Waals surface area contributed by atoms with Crippen LogP contribution in [0.25, 0.3) is 0 Å². The third-order valence-corrected chi connectivity index (χ3v) is 9.92. The number of rotatable bonds is 3. The highest BCUT2D eigenvalue weighted by Gasteiger charge is 2.66. The summed E-state index contributed by atoms with van der Waals surface area (Å²) in [5.41, 5.74) is 6.81. The molecule has 0 heterocycles. The lowest BCUT2D eigenvalue weighted by Gasteiger charge is -2.66. The number of hydrogen-bond acceptors (Lipinski definition) is 4. The van der Waals surface area contributed by atoms with E-state index in [0.29, 0.717) is 30.1 Å². The fourth-order valence-corrected chi connectivity index (χ4v) is 8.61. The van der Waals surface area contributed by atoms with Crippen LogP contribution in [-0.4, -0.2) is 35.7 Å². The molecule has 4 nitrogen and oxygen atoms in total. The fourth-order valence-electron chi connectivity index (χ4n) is 8.61. The first-order valence-electron chi connectivity index (χ1n) is 11.1. The van der Waals surface area contributed by atoms with Crippen LogP contribution in [0.2, 0.25) is 0 Å². The van der Waals surface area contributed by atoms with Crippen LogP contribution >= 0.6 is 0 Å². The van der Waals surface area contributed by atoms with Gasteiger partial charge in [0.2, 0.25) is 0 Å². The topological polar surface area (TPSA) is 72.6 Å². The standard InChI is InChI=1S/C23H39NO3/c1-15(25)17-5-6-18-21(17,3)9-8-19-20(2)11-12-22(26,14-27-4)13-16(20)7-10-23(18,19)24/h16-19,26H,5-14,24H2,1-4H3/t16-,17?,18+,19+,20-,21+,22+,23?/m0/s1. The van der Waals surface area contributed by atoms with Crippen molar-refractivity contribution in [3.05, 3.63) is 0 Å². The van der Waals surface area contributed by atoms with E-state index in [1.54, 1.807) is 14.0 Å². The molecule has 4 aliphatic carbocycles. The highest BCUT2D eigenvalue weighted by molar-refractivity contribution is 5.79. The minimum Gasteiger partial charge on any atom is -0.387 e. The van der Waals surface area contributed by atoms with Crippen LogP contribution in [0, 0.1) is 34.5 Å². The van der Waals surface area contributed by atoms with Gasteiger partial charge in [-0.3, -0.25) is 4.79 Å². The number of methoxy groups -OCH3 is 1. The maximum Gasteiger partial charge on any atom is 0.133 e. The molecule has 4 fully saturated rings. The van der Waals surface area contributed by atoms with Crippen LogP contribution in [0.3, 0.4) is 0 Å². The van der Waals surface area contributed by atoms with Crippen LogP contribution in [-0.2, 0) is 9.53 Å². The summed E-state index contributed by atoms with van der Waals surface area (Å²) < 4.78 is 5.32. The average molecular weight is 378 g/mol. The number of Topliss-reactive ketones (excluding diaryl/α,β-unsaturated/α-hetero) is 1. The van der Waals surface area contributed by atoms with Gasteiger partial charge in [0, 0.05) is 18.6 Å². The molecule has 0 spiro atoms. The Morgan fingerprint density at radius 3 is 2.41 bits per heavy atom. The van der Waals surface area contributed by atoms with Crippen LogP contribution < -0.4 is 5.73 Å². The second kappa shape index (κ2) is 6.27. The minimum atomic E-state index is -0.663. The number of nitrogens with two attached hydrogens (primary N) is 1. The van der Waals surface area contributed by atoms with Gasteiger partial charge >= 0.3 is 0 Å².